The van der Waals surface area contributed by atoms with Gasteiger partial charge in [-0.3, -0.25) is 0 Å². The fourth-order valence-electron chi connectivity index (χ4n) is 3.58. The van der Waals surface area contributed by atoms with Crippen molar-refractivity contribution in [3.63, 3.8) is 0 Å². The Labute approximate surface area is 177 Å². The summed E-state index contributed by atoms with van der Waals surface area (Å²) in [6, 6.07) is 13.5. The molecule has 0 spiro atoms. The molecule has 7 heteroatoms. The third-order valence-electron chi connectivity index (χ3n) is 5.28. The zero-order valence-corrected chi connectivity index (χ0v) is 17.8. The van der Waals surface area contributed by atoms with Crippen LogP contribution in [-0.2, 0) is 11.3 Å². The minimum atomic E-state index is -0.132. The molecule has 0 radical (unpaired) electrons. The zero-order valence-electron chi connectivity index (χ0n) is 17.8. The molecule has 0 aromatic heterocycles. The third-order valence-corrected chi connectivity index (χ3v) is 5.28. The van der Waals surface area contributed by atoms with Crippen LogP contribution in [0, 0.1) is 5.92 Å². The number of hydrogen-bond acceptors (Lipinski definition) is 5. The van der Waals surface area contributed by atoms with Crippen molar-refractivity contribution in [1.82, 2.24) is 4.90 Å². The number of anilines is 1. The second-order valence-electron chi connectivity index (χ2n) is 7.28. The Morgan fingerprint density at radius 2 is 1.63 bits per heavy atom. The van der Waals surface area contributed by atoms with Crippen LogP contribution in [0.25, 0.3) is 0 Å². The second-order valence-corrected chi connectivity index (χ2v) is 7.28. The summed E-state index contributed by atoms with van der Waals surface area (Å²) in [6.07, 6.45) is 1.86. The first kappa shape index (κ1) is 21.8. The van der Waals surface area contributed by atoms with Crippen molar-refractivity contribution in [2.45, 2.75) is 19.4 Å². The van der Waals surface area contributed by atoms with Gasteiger partial charge >= 0.3 is 6.03 Å². The van der Waals surface area contributed by atoms with Gasteiger partial charge in [0.15, 0.2) is 11.5 Å². The van der Waals surface area contributed by atoms with E-state index in [2.05, 4.69) is 17.4 Å². The number of likely N-dealkylation sites (tertiary alicyclic amines) is 1. The van der Waals surface area contributed by atoms with E-state index in [1.165, 1.54) is 5.56 Å². The Hall–Kier alpha value is -2.93. The Kier molecular flexibility index (Phi) is 7.79. The van der Waals surface area contributed by atoms with E-state index < -0.39 is 0 Å². The number of urea groups is 1. The zero-order chi connectivity index (χ0) is 21.3. The summed E-state index contributed by atoms with van der Waals surface area (Å²) in [6.45, 7) is 2.76. The molecule has 1 aliphatic heterocycles. The minimum absolute atomic E-state index is 0.132. The van der Waals surface area contributed by atoms with Crippen molar-refractivity contribution in [2.24, 2.45) is 5.92 Å². The molecule has 2 aromatic rings. The predicted octanol–water partition coefficient (Wildman–Crippen LogP) is 4.17. The van der Waals surface area contributed by atoms with Crippen LogP contribution in [0.2, 0.25) is 0 Å². The summed E-state index contributed by atoms with van der Waals surface area (Å²) in [5.41, 5.74) is 1.78. The first-order valence-corrected chi connectivity index (χ1v) is 10.1. The van der Waals surface area contributed by atoms with Crippen LogP contribution in [0.1, 0.15) is 18.4 Å². The van der Waals surface area contributed by atoms with E-state index in [1.54, 1.807) is 33.5 Å². The molecule has 2 aromatic carbocycles. The van der Waals surface area contributed by atoms with Crippen molar-refractivity contribution in [3.8, 4) is 17.2 Å². The molecule has 1 N–H and O–H groups in total. The molecule has 7 nitrogen and oxygen atoms in total. The third kappa shape index (κ3) is 5.57. The van der Waals surface area contributed by atoms with E-state index in [9.17, 15) is 4.79 Å². The summed E-state index contributed by atoms with van der Waals surface area (Å²) in [7, 11) is 4.65. The lowest BCUT2D eigenvalue weighted by Gasteiger charge is -2.32. The van der Waals surface area contributed by atoms with Crippen LogP contribution in [0.5, 0.6) is 17.2 Å². The van der Waals surface area contributed by atoms with Gasteiger partial charge < -0.3 is 29.2 Å². The Bertz CT molecular complexity index is 795. The van der Waals surface area contributed by atoms with Crippen molar-refractivity contribution in [2.75, 3.05) is 46.3 Å². The number of methoxy groups -OCH3 is 3. The number of ether oxygens (including phenoxy) is 4. The molecule has 3 rings (SSSR count). The van der Waals surface area contributed by atoms with Crippen molar-refractivity contribution < 1.29 is 23.7 Å². The molecule has 1 heterocycles. The molecule has 1 aliphatic rings. The van der Waals surface area contributed by atoms with Gasteiger partial charge in [0.05, 0.1) is 33.6 Å². The number of carbonyl (C=O) groups excluding carboxylic acids is 1. The second kappa shape index (κ2) is 10.7. The number of carbonyl (C=O) groups is 1. The number of rotatable bonds is 8. The standard InChI is InChI=1S/C23H30N2O5/c1-27-20-13-19(14-21(28-2)22(20)29-3)24-23(26)25-11-9-18(10-12-25)16-30-15-17-7-5-4-6-8-17/h4-8,13-14,18H,9-12,15-16H2,1-3H3,(H,24,26). The molecule has 0 bridgehead atoms. The highest BCUT2D eigenvalue weighted by atomic mass is 16.5. The Morgan fingerprint density at radius 3 is 2.20 bits per heavy atom. The van der Waals surface area contributed by atoms with Gasteiger partial charge in [-0.2, -0.15) is 0 Å². The molecule has 1 fully saturated rings. The molecule has 0 atom stereocenters. The van der Waals surface area contributed by atoms with Gasteiger partial charge in [0, 0.05) is 31.8 Å². The molecule has 162 valence electrons. The molecule has 0 aliphatic carbocycles. The van der Waals surface area contributed by atoms with Crippen LogP contribution in [0.15, 0.2) is 42.5 Å². The van der Waals surface area contributed by atoms with Gasteiger partial charge in [-0.25, -0.2) is 4.79 Å². The molecule has 2 amide bonds. The fraction of sp³-hybridized carbons (Fsp3) is 0.435. The fourth-order valence-corrected chi connectivity index (χ4v) is 3.58. The summed E-state index contributed by atoms with van der Waals surface area (Å²) < 4.78 is 21.9. The van der Waals surface area contributed by atoms with Crippen LogP contribution in [-0.4, -0.2) is 52.0 Å². The van der Waals surface area contributed by atoms with E-state index in [1.807, 2.05) is 23.1 Å². The number of hydrogen-bond donors (Lipinski definition) is 1. The molecule has 1 saturated heterocycles. The Balaban J connectivity index is 1.48. The summed E-state index contributed by atoms with van der Waals surface area (Å²) in [4.78, 5) is 14.5. The average Bonchev–Trinajstić information content (AvgIpc) is 2.79. The van der Waals surface area contributed by atoms with Crippen molar-refractivity contribution in [1.29, 1.82) is 0 Å². The van der Waals surface area contributed by atoms with Gasteiger partial charge in [-0.1, -0.05) is 30.3 Å². The number of benzene rings is 2. The molecule has 30 heavy (non-hydrogen) atoms. The maximum atomic E-state index is 12.7. The minimum Gasteiger partial charge on any atom is -0.493 e. The van der Waals surface area contributed by atoms with E-state index in [4.69, 9.17) is 18.9 Å². The van der Waals surface area contributed by atoms with Gasteiger partial charge in [0.25, 0.3) is 0 Å². The van der Waals surface area contributed by atoms with Gasteiger partial charge in [-0.05, 0) is 24.3 Å². The average molecular weight is 415 g/mol. The van der Waals surface area contributed by atoms with Crippen LogP contribution in [0.4, 0.5) is 10.5 Å². The summed E-state index contributed by atoms with van der Waals surface area (Å²) >= 11 is 0. The van der Waals surface area contributed by atoms with Crippen molar-refractivity contribution in [3.05, 3.63) is 48.0 Å². The van der Waals surface area contributed by atoms with Crippen molar-refractivity contribution >= 4 is 11.7 Å². The quantitative estimate of drug-likeness (QED) is 0.702. The first-order valence-electron chi connectivity index (χ1n) is 10.1. The SMILES string of the molecule is COc1cc(NC(=O)N2CCC(COCc3ccccc3)CC2)cc(OC)c1OC. The monoisotopic (exact) mass is 414 g/mol. The van der Waals surface area contributed by atoms with E-state index in [0.717, 1.165) is 19.4 Å². The van der Waals surface area contributed by atoms with E-state index in [-0.39, 0.29) is 6.03 Å². The van der Waals surface area contributed by atoms with Crippen LogP contribution in [0.3, 0.4) is 0 Å². The maximum absolute atomic E-state index is 12.7. The van der Waals surface area contributed by atoms with Crippen LogP contribution < -0.4 is 19.5 Å². The van der Waals surface area contributed by atoms with Gasteiger partial charge in [-0.15, -0.1) is 0 Å². The van der Waals surface area contributed by atoms with Crippen LogP contribution >= 0.6 is 0 Å². The highest BCUT2D eigenvalue weighted by molar-refractivity contribution is 5.90. The highest BCUT2D eigenvalue weighted by Gasteiger charge is 2.24. The van der Waals surface area contributed by atoms with E-state index in [0.29, 0.717) is 48.6 Å². The molecule has 0 unspecified atom stereocenters. The Morgan fingerprint density at radius 1 is 1.00 bits per heavy atom. The lowest BCUT2D eigenvalue weighted by molar-refractivity contribution is 0.0640. The van der Waals surface area contributed by atoms with Gasteiger partial charge in [0.2, 0.25) is 5.75 Å². The summed E-state index contributed by atoms with van der Waals surface area (Å²) in [5, 5.41) is 2.93. The maximum Gasteiger partial charge on any atom is 0.321 e. The first-order chi connectivity index (χ1) is 14.6. The van der Waals surface area contributed by atoms with Gasteiger partial charge in [0.1, 0.15) is 0 Å². The lowest BCUT2D eigenvalue weighted by Crippen LogP contribution is -2.41. The number of amides is 2. The number of nitrogens with zero attached hydrogens (tertiary/aromatic N) is 1. The smallest absolute Gasteiger partial charge is 0.321 e. The predicted molar refractivity (Wildman–Crippen MR) is 116 cm³/mol. The lowest BCUT2D eigenvalue weighted by atomic mass is 9.98. The normalized spacial score (nSPS) is 14.3. The summed E-state index contributed by atoms with van der Waals surface area (Å²) in [5.74, 6) is 1.97. The number of nitrogens with one attached hydrogen (secondary N) is 1. The topological polar surface area (TPSA) is 69.3 Å². The van der Waals surface area contributed by atoms with E-state index >= 15 is 0 Å². The molecular formula is C23H30N2O5. The highest BCUT2D eigenvalue weighted by Crippen LogP contribution is 2.40. The molecule has 0 saturated carbocycles. The largest absolute Gasteiger partial charge is 0.493 e. The number of piperidine rings is 1. The molecular weight excluding hydrogens is 384 g/mol.